The lowest BCUT2D eigenvalue weighted by Gasteiger charge is -2.19. The maximum absolute atomic E-state index is 13.2. The third kappa shape index (κ3) is 5.23. The molecule has 1 N–H and O–H groups in total. The maximum atomic E-state index is 13.2. The van der Waals surface area contributed by atoms with Crippen LogP contribution in [0.5, 0.6) is 0 Å². The Hall–Kier alpha value is -3.63. The Morgan fingerprint density at radius 3 is 2.14 bits per heavy atom. The first-order valence-electron chi connectivity index (χ1n) is 12.1. The van der Waals surface area contributed by atoms with Crippen LogP contribution in [0.2, 0.25) is 0 Å². The number of aromatic nitrogens is 1. The number of rotatable bonds is 9. The summed E-state index contributed by atoms with van der Waals surface area (Å²) in [7, 11) is 2.07. The van der Waals surface area contributed by atoms with E-state index in [1.54, 1.807) is 11.3 Å². The highest BCUT2D eigenvalue weighted by Crippen LogP contribution is 2.35. The minimum Gasteiger partial charge on any atom is -0.356 e. The number of carbonyl (C=O) groups is 1. The number of nitrogens with one attached hydrogen (secondary N) is 1. The topological polar surface area (TPSA) is 34.0 Å². The quantitative estimate of drug-likeness (QED) is 0.241. The smallest absolute Gasteiger partial charge is 0.220 e. The van der Waals surface area contributed by atoms with Gasteiger partial charge in [0.25, 0.3) is 0 Å². The molecule has 1 atom stereocenters. The van der Waals surface area contributed by atoms with Crippen LogP contribution in [0.1, 0.15) is 46.9 Å². The van der Waals surface area contributed by atoms with Crippen LogP contribution >= 0.6 is 11.3 Å². The van der Waals surface area contributed by atoms with Crippen molar-refractivity contribution in [1.29, 1.82) is 0 Å². The summed E-state index contributed by atoms with van der Waals surface area (Å²) in [5.41, 5.74) is 6.16. The highest BCUT2D eigenvalue weighted by atomic mass is 32.1. The first-order chi connectivity index (χ1) is 17.2. The van der Waals surface area contributed by atoms with Gasteiger partial charge in [-0.3, -0.25) is 4.79 Å². The largest absolute Gasteiger partial charge is 0.356 e. The summed E-state index contributed by atoms with van der Waals surface area (Å²) in [6.07, 6.45) is 3.48. The van der Waals surface area contributed by atoms with Crippen molar-refractivity contribution in [2.75, 3.05) is 6.54 Å². The van der Waals surface area contributed by atoms with Gasteiger partial charge in [-0.2, -0.15) is 11.3 Å². The fourth-order valence-electron chi connectivity index (χ4n) is 5.04. The van der Waals surface area contributed by atoms with Crippen LogP contribution in [0.3, 0.4) is 0 Å². The van der Waals surface area contributed by atoms with Crippen molar-refractivity contribution in [3.05, 3.63) is 130 Å². The van der Waals surface area contributed by atoms with Gasteiger partial charge in [-0.15, -0.1) is 0 Å². The summed E-state index contributed by atoms with van der Waals surface area (Å²) in [5, 5.41) is 8.70. The molecule has 1 unspecified atom stereocenters. The van der Waals surface area contributed by atoms with Gasteiger partial charge in [0.05, 0.1) is 0 Å². The van der Waals surface area contributed by atoms with E-state index in [4.69, 9.17) is 0 Å². The summed E-state index contributed by atoms with van der Waals surface area (Å²) in [5.74, 6) is 0.379. The van der Waals surface area contributed by atoms with Crippen molar-refractivity contribution in [3.8, 4) is 0 Å². The second-order valence-corrected chi connectivity index (χ2v) is 9.82. The first-order valence-corrected chi connectivity index (χ1v) is 13.1. The van der Waals surface area contributed by atoms with Crippen molar-refractivity contribution < 1.29 is 4.79 Å². The summed E-state index contributed by atoms with van der Waals surface area (Å²) >= 11 is 1.68. The lowest BCUT2D eigenvalue weighted by molar-refractivity contribution is -0.121. The standard InChI is InChI=1S/C31H30N2OS/c1-33-21-29(27-14-8-9-15-30(27)33)28(25-17-19-35-22-25)20-31(34)32-18-16-26(23-10-4-2-5-11-23)24-12-6-3-7-13-24/h2-15,17,19,21-22,26,28H,16,18,20H2,1H3,(H,32,34). The average molecular weight is 479 g/mol. The molecule has 5 rings (SSSR count). The Morgan fingerprint density at radius 1 is 0.829 bits per heavy atom. The van der Waals surface area contributed by atoms with E-state index < -0.39 is 0 Å². The number of aryl methyl sites for hydroxylation is 1. The average Bonchev–Trinajstić information content (AvgIpc) is 3.55. The van der Waals surface area contributed by atoms with E-state index in [2.05, 4.69) is 113 Å². The molecule has 2 aromatic heterocycles. The molecular weight excluding hydrogens is 448 g/mol. The molecule has 176 valence electrons. The Kier molecular flexibility index (Phi) is 7.10. The highest BCUT2D eigenvalue weighted by Gasteiger charge is 2.23. The Morgan fingerprint density at radius 2 is 1.49 bits per heavy atom. The number of fused-ring (bicyclic) bond motifs is 1. The zero-order valence-electron chi connectivity index (χ0n) is 19.9. The summed E-state index contributed by atoms with van der Waals surface area (Å²) < 4.78 is 2.16. The molecule has 0 radical (unpaired) electrons. The second-order valence-electron chi connectivity index (χ2n) is 9.04. The monoisotopic (exact) mass is 478 g/mol. The number of para-hydroxylation sites is 1. The van der Waals surface area contributed by atoms with E-state index in [1.807, 2.05) is 12.1 Å². The third-order valence-electron chi connectivity index (χ3n) is 6.80. The second kappa shape index (κ2) is 10.7. The van der Waals surface area contributed by atoms with Gasteiger partial charge in [0, 0.05) is 48.9 Å². The lowest BCUT2D eigenvalue weighted by atomic mass is 9.88. The van der Waals surface area contributed by atoms with Crippen LogP contribution in [0.25, 0.3) is 10.9 Å². The van der Waals surface area contributed by atoms with Crippen LogP contribution < -0.4 is 5.32 Å². The number of hydrogen-bond acceptors (Lipinski definition) is 2. The molecule has 2 heterocycles. The van der Waals surface area contributed by atoms with Crippen LogP contribution in [0.15, 0.2) is 108 Å². The predicted molar refractivity (Wildman–Crippen MR) is 146 cm³/mol. The molecule has 1 amide bonds. The van der Waals surface area contributed by atoms with Gasteiger partial charge in [-0.1, -0.05) is 78.9 Å². The molecule has 0 aliphatic rings. The van der Waals surface area contributed by atoms with Gasteiger partial charge in [0.2, 0.25) is 5.91 Å². The van der Waals surface area contributed by atoms with Crippen molar-refractivity contribution in [2.45, 2.75) is 24.7 Å². The molecule has 4 heteroatoms. The highest BCUT2D eigenvalue weighted by molar-refractivity contribution is 7.08. The van der Waals surface area contributed by atoms with Gasteiger partial charge < -0.3 is 9.88 Å². The molecule has 0 saturated carbocycles. The summed E-state index contributed by atoms with van der Waals surface area (Å²) in [4.78, 5) is 13.2. The van der Waals surface area contributed by atoms with Crippen molar-refractivity contribution >= 4 is 28.1 Å². The molecule has 0 saturated heterocycles. The van der Waals surface area contributed by atoms with Crippen molar-refractivity contribution in [3.63, 3.8) is 0 Å². The van der Waals surface area contributed by atoms with Crippen molar-refractivity contribution in [1.82, 2.24) is 9.88 Å². The Bertz CT molecular complexity index is 1330. The van der Waals surface area contributed by atoms with Crippen LogP contribution in [-0.4, -0.2) is 17.0 Å². The SMILES string of the molecule is Cn1cc(C(CC(=O)NCCC(c2ccccc2)c2ccccc2)c2ccsc2)c2ccccc21. The summed E-state index contributed by atoms with van der Waals surface area (Å²) in [6, 6.07) is 31.7. The predicted octanol–water partition coefficient (Wildman–Crippen LogP) is 7.10. The van der Waals surface area contributed by atoms with Gasteiger partial charge in [-0.05, 0) is 51.6 Å². The number of thiophene rings is 1. The number of amides is 1. The normalized spacial score (nSPS) is 12.2. The zero-order chi connectivity index (χ0) is 24.0. The molecule has 0 aliphatic heterocycles. The van der Waals surface area contributed by atoms with Gasteiger partial charge >= 0.3 is 0 Å². The molecule has 0 fully saturated rings. The fraction of sp³-hybridized carbons (Fsp3) is 0.194. The lowest BCUT2D eigenvalue weighted by Crippen LogP contribution is -2.27. The van der Waals surface area contributed by atoms with Crippen LogP contribution in [0.4, 0.5) is 0 Å². The first kappa shape index (κ1) is 23.1. The molecule has 0 aliphatic carbocycles. The third-order valence-corrected chi connectivity index (χ3v) is 7.50. The number of carbonyl (C=O) groups excluding carboxylic acids is 1. The minimum atomic E-state index is 0.0337. The number of hydrogen-bond donors (Lipinski definition) is 1. The van der Waals surface area contributed by atoms with E-state index in [0.717, 1.165) is 6.42 Å². The van der Waals surface area contributed by atoms with E-state index in [9.17, 15) is 4.79 Å². The number of nitrogens with zero attached hydrogens (tertiary/aromatic N) is 1. The van der Waals surface area contributed by atoms with E-state index in [0.29, 0.717) is 13.0 Å². The fourth-order valence-corrected chi connectivity index (χ4v) is 5.76. The van der Waals surface area contributed by atoms with Crippen LogP contribution in [-0.2, 0) is 11.8 Å². The van der Waals surface area contributed by atoms with Gasteiger partial charge in [0.15, 0.2) is 0 Å². The Labute approximate surface area is 211 Å². The maximum Gasteiger partial charge on any atom is 0.220 e. The number of benzene rings is 3. The van der Waals surface area contributed by atoms with E-state index in [1.165, 1.54) is 33.2 Å². The van der Waals surface area contributed by atoms with Crippen LogP contribution in [0, 0.1) is 0 Å². The van der Waals surface area contributed by atoms with Gasteiger partial charge in [-0.25, -0.2) is 0 Å². The molecule has 3 nitrogen and oxygen atoms in total. The zero-order valence-corrected chi connectivity index (χ0v) is 20.7. The molecule has 3 aromatic carbocycles. The van der Waals surface area contributed by atoms with Gasteiger partial charge in [0.1, 0.15) is 0 Å². The van der Waals surface area contributed by atoms with Crippen molar-refractivity contribution in [2.24, 2.45) is 7.05 Å². The van der Waals surface area contributed by atoms with E-state index in [-0.39, 0.29) is 17.7 Å². The molecule has 0 bridgehead atoms. The molecule has 35 heavy (non-hydrogen) atoms. The molecular formula is C31H30N2OS. The summed E-state index contributed by atoms with van der Waals surface area (Å²) in [6.45, 7) is 0.638. The molecule has 5 aromatic rings. The van der Waals surface area contributed by atoms with E-state index >= 15 is 0 Å². The minimum absolute atomic E-state index is 0.0337. The Balaban J connectivity index is 1.31. The molecule has 0 spiro atoms.